The molecule has 0 saturated carbocycles. The van der Waals surface area contributed by atoms with Crippen LogP contribution in [0.15, 0.2) is 45.7 Å². The molecule has 0 bridgehead atoms. The third kappa shape index (κ3) is 4.25. The molecule has 0 saturated heterocycles. The highest BCUT2D eigenvalue weighted by atomic mass is 35.5. The van der Waals surface area contributed by atoms with Crippen LogP contribution in [-0.4, -0.2) is 31.6 Å². The maximum Gasteiger partial charge on any atom is 0.282 e. The van der Waals surface area contributed by atoms with Gasteiger partial charge in [-0.25, -0.2) is 4.68 Å². The lowest BCUT2D eigenvalue weighted by atomic mass is 10.3. The summed E-state index contributed by atoms with van der Waals surface area (Å²) in [7, 11) is 0. The first-order valence-electron chi connectivity index (χ1n) is 7.20. The molecular formula is C15H12ClN5O2S2. The SMILES string of the molecule is CCSc1nnc(NC(=O)c2nn(-c3ccc(Cl)cc3)ccc2=O)s1. The molecule has 0 aliphatic carbocycles. The second kappa shape index (κ2) is 7.77. The van der Waals surface area contributed by atoms with Gasteiger partial charge in [0.1, 0.15) is 0 Å². The largest absolute Gasteiger partial charge is 0.295 e. The van der Waals surface area contributed by atoms with Crippen molar-refractivity contribution in [3.63, 3.8) is 0 Å². The Labute approximate surface area is 156 Å². The number of carbonyl (C=O) groups is 1. The van der Waals surface area contributed by atoms with Crippen molar-refractivity contribution in [2.75, 3.05) is 11.1 Å². The molecule has 0 radical (unpaired) electrons. The number of benzene rings is 1. The predicted octanol–water partition coefficient (Wildman–Crippen LogP) is 3.10. The molecule has 1 amide bonds. The fraction of sp³-hybridized carbons (Fsp3) is 0.133. The van der Waals surface area contributed by atoms with Gasteiger partial charge in [0.2, 0.25) is 10.6 Å². The summed E-state index contributed by atoms with van der Waals surface area (Å²) in [4.78, 5) is 24.4. The monoisotopic (exact) mass is 393 g/mol. The van der Waals surface area contributed by atoms with E-state index in [0.717, 1.165) is 10.1 Å². The van der Waals surface area contributed by atoms with E-state index in [1.807, 2.05) is 6.92 Å². The fourth-order valence-electron chi connectivity index (χ4n) is 1.90. The van der Waals surface area contributed by atoms with Crippen molar-refractivity contribution in [2.45, 2.75) is 11.3 Å². The van der Waals surface area contributed by atoms with Gasteiger partial charge in [0.25, 0.3) is 5.91 Å². The first kappa shape index (κ1) is 17.6. The molecule has 2 aromatic heterocycles. The number of aromatic nitrogens is 4. The number of nitrogens with one attached hydrogen (secondary N) is 1. The van der Waals surface area contributed by atoms with Gasteiger partial charge in [-0.05, 0) is 30.0 Å². The van der Waals surface area contributed by atoms with Crippen LogP contribution in [0.25, 0.3) is 5.69 Å². The second-order valence-electron chi connectivity index (χ2n) is 4.71. The van der Waals surface area contributed by atoms with Crippen molar-refractivity contribution < 1.29 is 4.79 Å². The molecule has 0 fully saturated rings. The number of rotatable bonds is 5. The summed E-state index contributed by atoms with van der Waals surface area (Å²) < 4.78 is 2.18. The van der Waals surface area contributed by atoms with Crippen molar-refractivity contribution >= 4 is 45.7 Å². The Balaban J connectivity index is 1.85. The van der Waals surface area contributed by atoms with Crippen LogP contribution >= 0.6 is 34.7 Å². The molecule has 1 N–H and O–H groups in total. The molecule has 0 aliphatic rings. The normalized spacial score (nSPS) is 10.6. The Morgan fingerprint density at radius 2 is 2.04 bits per heavy atom. The van der Waals surface area contributed by atoms with Crippen LogP contribution in [0.5, 0.6) is 0 Å². The van der Waals surface area contributed by atoms with Gasteiger partial charge in [-0.15, -0.1) is 10.2 Å². The van der Waals surface area contributed by atoms with E-state index < -0.39 is 11.3 Å². The quantitative estimate of drug-likeness (QED) is 0.529. The molecule has 25 heavy (non-hydrogen) atoms. The Bertz CT molecular complexity index is 955. The van der Waals surface area contributed by atoms with Crippen LogP contribution in [0.3, 0.4) is 0 Å². The predicted molar refractivity (Wildman–Crippen MR) is 99.1 cm³/mol. The maximum atomic E-state index is 12.4. The summed E-state index contributed by atoms with van der Waals surface area (Å²) in [5.41, 5.74) is -0.0243. The molecule has 0 atom stereocenters. The van der Waals surface area contributed by atoms with E-state index >= 15 is 0 Å². The molecule has 10 heteroatoms. The van der Waals surface area contributed by atoms with Crippen LogP contribution in [0.1, 0.15) is 17.4 Å². The smallest absolute Gasteiger partial charge is 0.282 e. The van der Waals surface area contributed by atoms with E-state index in [0.29, 0.717) is 15.8 Å². The minimum absolute atomic E-state index is 0.225. The van der Waals surface area contributed by atoms with Crippen molar-refractivity contribution in [1.82, 2.24) is 20.0 Å². The maximum absolute atomic E-state index is 12.4. The van der Waals surface area contributed by atoms with Gasteiger partial charge < -0.3 is 0 Å². The van der Waals surface area contributed by atoms with E-state index in [1.54, 1.807) is 24.3 Å². The number of anilines is 1. The number of carbonyl (C=O) groups excluding carboxylic acids is 1. The first-order valence-corrected chi connectivity index (χ1v) is 9.38. The van der Waals surface area contributed by atoms with Crippen molar-refractivity contribution in [1.29, 1.82) is 0 Å². The standard InChI is InChI=1S/C15H12ClN5O2S2/c1-2-24-15-19-18-14(25-15)17-13(23)12-11(22)7-8-21(20-12)10-5-3-9(16)4-6-10/h3-8H,2H2,1H3,(H,17,18,23). The molecule has 1 aromatic carbocycles. The Morgan fingerprint density at radius 3 is 2.76 bits per heavy atom. The molecule has 7 nitrogen and oxygen atoms in total. The highest BCUT2D eigenvalue weighted by Crippen LogP contribution is 2.25. The number of halogens is 1. The van der Waals surface area contributed by atoms with Crippen molar-refractivity contribution in [3.05, 3.63) is 57.5 Å². The number of nitrogens with zero attached hydrogens (tertiary/aromatic N) is 4. The van der Waals surface area contributed by atoms with Gasteiger partial charge in [0.15, 0.2) is 10.0 Å². The van der Waals surface area contributed by atoms with E-state index in [2.05, 4.69) is 20.6 Å². The molecule has 3 aromatic rings. The van der Waals surface area contributed by atoms with Gasteiger partial charge in [0.05, 0.1) is 5.69 Å². The minimum Gasteiger partial charge on any atom is -0.295 e. The Kier molecular flexibility index (Phi) is 5.47. The molecule has 128 valence electrons. The van der Waals surface area contributed by atoms with Gasteiger partial charge in [0, 0.05) is 17.3 Å². The molecular weight excluding hydrogens is 382 g/mol. The number of amides is 1. The van der Waals surface area contributed by atoms with E-state index in [-0.39, 0.29) is 5.69 Å². The second-order valence-corrected chi connectivity index (χ2v) is 7.63. The zero-order valence-electron chi connectivity index (χ0n) is 13.0. The topological polar surface area (TPSA) is 89.8 Å². The average Bonchev–Trinajstić information content (AvgIpc) is 3.03. The van der Waals surface area contributed by atoms with Crippen LogP contribution < -0.4 is 10.7 Å². The highest BCUT2D eigenvalue weighted by molar-refractivity contribution is 8.01. The van der Waals surface area contributed by atoms with Crippen LogP contribution in [0, 0.1) is 0 Å². The lowest BCUT2D eigenvalue weighted by Crippen LogP contribution is -2.25. The summed E-state index contributed by atoms with van der Waals surface area (Å²) in [6.45, 7) is 2.00. The van der Waals surface area contributed by atoms with Gasteiger partial charge in [-0.3, -0.25) is 14.9 Å². The average molecular weight is 394 g/mol. The van der Waals surface area contributed by atoms with Gasteiger partial charge in [-0.2, -0.15) is 5.10 Å². The zero-order valence-corrected chi connectivity index (χ0v) is 15.4. The first-order chi connectivity index (χ1) is 12.1. The molecule has 0 unspecified atom stereocenters. The fourth-order valence-corrected chi connectivity index (χ4v) is 3.67. The Morgan fingerprint density at radius 1 is 1.28 bits per heavy atom. The summed E-state index contributed by atoms with van der Waals surface area (Å²) in [6, 6.07) is 8.16. The Hall–Kier alpha value is -2.23. The summed E-state index contributed by atoms with van der Waals surface area (Å²) in [6.07, 6.45) is 1.49. The van der Waals surface area contributed by atoms with Crippen molar-refractivity contribution in [2.24, 2.45) is 0 Å². The van der Waals surface area contributed by atoms with E-state index in [4.69, 9.17) is 11.6 Å². The summed E-state index contributed by atoms with van der Waals surface area (Å²) >= 11 is 8.63. The molecule has 0 aliphatic heterocycles. The number of thioether (sulfide) groups is 1. The van der Waals surface area contributed by atoms with Gasteiger partial charge >= 0.3 is 0 Å². The molecule has 0 spiro atoms. The van der Waals surface area contributed by atoms with Gasteiger partial charge in [-0.1, -0.05) is 41.6 Å². The summed E-state index contributed by atoms with van der Waals surface area (Å²) in [5.74, 6) is 0.228. The van der Waals surface area contributed by atoms with E-state index in [9.17, 15) is 9.59 Å². The minimum atomic E-state index is -0.627. The lowest BCUT2D eigenvalue weighted by Gasteiger charge is -2.07. The molecule has 3 rings (SSSR count). The van der Waals surface area contributed by atoms with Crippen LogP contribution in [0.2, 0.25) is 5.02 Å². The lowest BCUT2D eigenvalue weighted by molar-refractivity contribution is 0.101. The van der Waals surface area contributed by atoms with Crippen LogP contribution in [0.4, 0.5) is 5.13 Å². The highest BCUT2D eigenvalue weighted by Gasteiger charge is 2.16. The van der Waals surface area contributed by atoms with Crippen molar-refractivity contribution in [3.8, 4) is 5.69 Å². The van der Waals surface area contributed by atoms with Crippen LogP contribution in [-0.2, 0) is 0 Å². The summed E-state index contributed by atoms with van der Waals surface area (Å²) in [5, 5.41) is 15.4. The number of hydrogen-bond donors (Lipinski definition) is 1. The third-order valence-corrected chi connectivity index (χ3v) is 5.12. The number of hydrogen-bond acceptors (Lipinski definition) is 7. The van der Waals surface area contributed by atoms with E-state index in [1.165, 1.54) is 40.0 Å². The zero-order chi connectivity index (χ0) is 17.8. The molecule has 2 heterocycles. The third-order valence-electron chi connectivity index (χ3n) is 3.01.